The van der Waals surface area contributed by atoms with Crippen LogP contribution in [0.15, 0.2) is 53.1 Å². The summed E-state index contributed by atoms with van der Waals surface area (Å²) in [5.41, 5.74) is 4.44. The second-order valence-electron chi connectivity index (χ2n) is 5.12. The van der Waals surface area contributed by atoms with Gasteiger partial charge >= 0.3 is 11.9 Å². The lowest BCUT2D eigenvalue weighted by atomic mass is 9.85. The van der Waals surface area contributed by atoms with E-state index in [9.17, 15) is 9.59 Å². The number of aliphatic carboxylic acids is 1. The molecule has 0 atom stereocenters. The van der Waals surface area contributed by atoms with Crippen molar-refractivity contribution in [3.8, 4) is 0 Å². The van der Waals surface area contributed by atoms with Gasteiger partial charge in [0.25, 0.3) is 0 Å². The fourth-order valence-electron chi connectivity index (χ4n) is 2.28. The van der Waals surface area contributed by atoms with Crippen LogP contribution in [0.5, 0.6) is 0 Å². The van der Waals surface area contributed by atoms with Gasteiger partial charge in [-0.25, -0.2) is 9.59 Å². The Hall–Kier alpha value is -2.62. The van der Waals surface area contributed by atoms with Crippen molar-refractivity contribution < 1.29 is 19.8 Å². The van der Waals surface area contributed by atoms with Gasteiger partial charge in [0.1, 0.15) is 0 Å². The third-order valence-electron chi connectivity index (χ3n) is 3.46. The van der Waals surface area contributed by atoms with Crippen molar-refractivity contribution in [3.63, 3.8) is 0 Å². The van der Waals surface area contributed by atoms with Crippen LogP contribution in [0.4, 0.5) is 0 Å². The quantitative estimate of drug-likeness (QED) is 0.890. The fourth-order valence-corrected chi connectivity index (χ4v) is 2.28. The lowest BCUT2D eigenvalue weighted by Crippen LogP contribution is -2.07. The highest BCUT2D eigenvalue weighted by Crippen LogP contribution is 2.34. The first-order chi connectivity index (χ1) is 9.90. The van der Waals surface area contributed by atoms with Crippen LogP contribution in [0, 0.1) is 0 Å². The average Bonchev–Trinajstić information content (AvgIpc) is 2.46. The monoisotopic (exact) mass is 284 g/mol. The van der Waals surface area contributed by atoms with Crippen molar-refractivity contribution >= 4 is 17.5 Å². The van der Waals surface area contributed by atoms with Crippen molar-refractivity contribution in [3.05, 3.63) is 64.3 Å². The van der Waals surface area contributed by atoms with E-state index in [0.717, 1.165) is 22.3 Å². The van der Waals surface area contributed by atoms with E-state index in [-0.39, 0.29) is 5.56 Å². The van der Waals surface area contributed by atoms with E-state index in [0.29, 0.717) is 12.0 Å². The van der Waals surface area contributed by atoms with Crippen LogP contribution in [0.3, 0.4) is 0 Å². The molecule has 1 aromatic carbocycles. The third kappa shape index (κ3) is 3.11. The zero-order valence-electron chi connectivity index (χ0n) is 11.9. The minimum Gasteiger partial charge on any atom is -0.478 e. The summed E-state index contributed by atoms with van der Waals surface area (Å²) in [5.74, 6) is -1.88. The fraction of sp³-hybridized carbons (Fsp3) is 0.176. The van der Waals surface area contributed by atoms with Crippen LogP contribution in [0.1, 0.15) is 36.2 Å². The first-order valence-electron chi connectivity index (χ1n) is 6.54. The molecule has 0 radical (unpaired) electrons. The highest BCUT2D eigenvalue weighted by molar-refractivity contribution is 5.94. The molecule has 0 aliphatic heterocycles. The highest BCUT2D eigenvalue weighted by Gasteiger charge is 2.19. The zero-order chi connectivity index (χ0) is 15.6. The maximum Gasteiger partial charge on any atom is 0.335 e. The first kappa shape index (κ1) is 14.8. The maximum absolute atomic E-state index is 11.1. The van der Waals surface area contributed by atoms with Gasteiger partial charge in [0, 0.05) is 12.0 Å². The van der Waals surface area contributed by atoms with E-state index in [4.69, 9.17) is 10.2 Å². The number of benzene rings is 1. The lowest BCUT2D eigenvalue weighted by Gasteiger charge is -2.19. The summed E-state index contributed by atoms with van der Waals surface area (Å²) in [6.45, 7) is 3.89. The molecule has 0 aromatic heterocycles. The molecule has 21 heavy (non-hydrogen) atoms. The predicted molar refractivity (Wildman–Crippen MR) is 80.1 cm³/mol. The summed E-state index contributed by atoms with van der Waals surface area (Å²) in [6.07, 6.45) is 3.77. The Morgan fingerprint density at radius 1 is 0.952 bits per heavy atom. The molecule has 0 bridgehead atoms. The van der Waals surface area contributed by atoms with Crippen LogP contribution < -0.4 is 0 Å². The highest BCUT2D eigenvalue weighted by atomic mass is 16.4. The second kappa shape index (κ2) is 5.79. The number of carboxylic acids is 2. The van der Waals surface area contributed by atoms with Gasteiger partial charge in [-0.2, -0.15) is 0 Å². The smallest absolute Gasteiger partial charge is 0.335 e. The largest absolute Gasteiger partial charge is 0.478 e. The summed E-state index contributed by atoms with van der Waals surface area (Å²) >= 11 is 0. The molecule has 0 unspecified atom stereocenters. The molecule has 0 saturated carbocycles. The molecule has 108 valence electrons. The summed E-state index contributed by atoms with van der Waals surface area (Å²) < 4.78 is 0. The molecular weight excluding hydrogens is 268 g/mol. The molecule has 4 nitrogen and oxygen atoms in total. The Morgan fingerprint density at radius 2 is 1.57 bits per heavy atom. The molecule has 1 aromatic rings. The van der Waals surface area contributed by atoms with Crippen LogP contribution >= 0.6 is 0 Å². The minimum absolute atomic E-state index is 0.232. The standard InChI is InChI=1S/C17H16O4/c1-10(2)15-9-13(17(20)21)7-8-14(15)11-3-5-12(6-4-11)16(18)19/h3-8H,9H2,1-2H3,(H,18,19)(H,20,21). The molecule has 2 N–H and O–H groups in total. The molecule has 0 saturated heterocycles. The van der Waals surface area contributed by atoms with Crippen molar-refractivity contribution in [2.24, 2.45) is 0 Å². The van der Waals surface area contributed by atoms with Crippen molar-refractivity contribution in [1.82, 2.24) is 0 Å². The van der Waals surface area contributed by atoms with Gasteiger partial charge in [0.2, 0.25) is 0 Å². The van der Waals surface area contributed by atoms with Gasteiger partial charge in [-0.3, -0.25) is 0 Å². The van der Waals surface area contributed by atoms with Crippen LogP contribution in [-0.4, -0.2) is 22.2 Å². The number of carboxylic acid groups (broad SMARTS) is 2. The Kier molecular flexibility index (Phi) is 4.08. The van der Waals surface area contributed by atoms with Crippen LogP contribution in [-0.2, 0) is 4.79 Å². The molecule has 0 spiro atoms. The summed E-state index contributed by atoms with van der Waals surface area (Å²) in [6, 6.07) is 6.60. The van der Waals surface area contributed by atoms with Crippen molar-refractivity contribution in [1.29, 1.82) is 0 Å². The molecule has 0 heterocycles. The van der Waals surface area contributed by atoms with Crippen LogP contribution in [0.2, 0.25) is 0 Å². The molecular formula is C17H16O4. The normalized spacial score (nSPS) is 14.3. The molecule has 0 fully saturated rings. The van der Waals surface area contributed by atoms with Gasteiger partial charge < -0.3 is 10.2 Å². The number of carbonyl (C=O) groups is 2. The number of aromatic carboxylic acids is 1. The SMILES string of the molecule is CC(C)=C1CC(C(=O)O)=CC=C1c1ccc(C(=O)O)cc1. The van der Waals surface area contributed by atoms with Crippen molar-refractivity contribution in [2.45, 2.75) is 20.3 Å². The zero-order valence-corrected chi connectivity index (χ0v) is 11.9. The van der Waals surface area contributed by atoms with E-state index in [1.54, 1.807) is 36.4 Å². The number of hydrogen-bond acceptors (Lipinski definition) is 2. The van der Waals surface area contributed by atoms with E-state index < -0.39 is 11.9 Å². The van der Waals surface area contributed by atoms with Gasteiger partial charge in [-0.1, -0.05) is 29.9 Å². The number of allylic oxidation sites excluding steroid dienone is 5. The Balaban J connectivity index is 2.47. The minimum atomic E-state index is -0.963. The predicted octanol–water partition coefficient (Wildman–Crippen LogP) is 3.52. The van der Waals surface area contributed by atoms with Gasteiger partial charge in [-0.15, -0.1) is 0 Å². The van der Waals surface area contributed by atoms with Gasteiger partial charge in [0.05, 0.1) is 5.56 Å². The lowest BCUT2D eigenvalue weighted by molar-refractivity contribution is -0.132. The second-order valence-corrected chi connectivity index (χ2v) is 5.12. The van der Waals surface area contributed by atoms with Gasteiger partial charge in [-0.05, 0) is 42.7 Å². The summed E-state index contributed by atoms with van der Waals surface area (Å²) in [5, 5.41) is 18.0. The molecule has 0 amide bonds. The average molecular weight is 284 g/mol. The van der Waals surface area contributed by atoms with E-state index in [1.807, 2.05) is 13.8 Å². The van der Waals surface area contributed by atoms with Crippen molar-refractivity contribution in [2.75, 3.05) is 0 Å². The number of hydrogen-bond donors (Lipinski definition) is 2. The molecule has 4 heteroatoms. The molecule has 1 aliphatic carbocycles. The molecule has 1 aliphatic rings. The number of rotatable bonds is 3. The van der Waals surface area contributed by atoms with E-state index >= 15 is 0 Å². The Bertz CT molecular complexity index is 684. The topological polar surface area (TPSA) is 74.6 Å². The van der Waals surface area contributed by atoms with Gasteiger partial charge in [0.15, 0.2) is 0 Å². The summed E-state index contributed by atoms with van der Waals surface area (Å²) in [7, 11) is 0. The summed E-state index contributed by atoms with van der Waals surface area (Å²) in [4.78, 5) is 22.0. The Morgan fingerprint density at radius 3 is 2.05 bits per heavy atom. The Labute approximate surface area is 122 Å². The molecule has 2 rings (SSSR count). The van der Waals surface area contributed by atoms with E-state index in [2.05, 4.69) is 0 Å². The third-order valence-corrected chi connectivity index (χ3v) is 3.46. The van der Waals surface area contributed by atoms with Crippen LogP contribution in [0.25, 0.3) is 5.57 Å². The maximum atomic E-state index is 11.1. The van der Waals surface area contributed by atoms with E-state index in [1.165, 1.54) is 0 Å². The first-order valence-corrected chi connectivity index (χ1v) is 6.54.